The molecule has 0 atom stereocenters. The van der Waals surface area contributed by atoms with Crippen molar-refractivity contribution in [1.82, 2.24) is 14.8 Å². The van der Waals surface area contributed by atoms with Gasteiger partial charge < -0.3 is 10.3 Å². The van der Waals surface area contributed by atoms with Crippen LogP contribution in [0.4, 0.5) is 13.2 Å². The number of benzene rings is 1. The van der Waals surface area contributed by atoms with E-state index in [1.54, 1.807) is 10.6 Å². The number of rotatable bonds is 4. The molecule has 4 nitrogen and oxygen atoms in total. The Morgan fingerprint density at radius 2 is 1.95 bits per heavy atom. The Morgan fingerprint density at radius 3 is 2.52 bits per heavy atom. The number of nitrogens with zero attached hydrogens (tertiary/aromatic N) is 3. The summed E-state index contributed by atoms with van der Waals surface area (Å²) in [6, 6.07) is 5.09. The lowest BCUT2D eigenvalue weighted by atomic mass is 10.1. The van der Waals surface area contributed by atoms with Gasteiger partial charge in [-0.3, -0.25) is 0 Å². The van der Waals surface area contributed by atoms with Crippen molar-refractivity contribution in [2.45, 2.75) is 33.1 Å². The normalized spacial score (nSPS) is 12.1. The molecule has 0 unspecified atom stereocenters. The molecule has 0 spiro atoms. The van der Waals surface area contributed by atoms with Gasteiger partial charge in [-0.25, -0.2) is 0 Å². The first kappa shape index (κ1) is 15.5. The Balaban J connectivity index is 2.49. The van der Waals surface area contributed by atoms with Crippen LogP contribution in [-0.2, 0) is 19.3 Å². The number of hydrogen-bond acceptors (Lipinski definition) is 3. The Labute approximate surface area is 120 Å². The second-order valence-corrected chi connectivity index (χ2v) is 5.23. The van der Waals surface area contributed by atoms with Gasteiger partial charge in [0.2, 0.25) is 0 Å². The SMILES string of the molecule is CC(C)Cn1c(CN)nnc1-c1cccc(C(F)(F)F)c1. The first-order chi connectivity index (χ1) is 9.82. The fourth-order valence-electron chi connectivity index (χ4n) is 2.09. The van der Waals surface area contributed by atoms with Crippen molar-refractivity contribution in [3.8, 4) is 11.4 Å². The standard InChI is InChI=1S/C14H17F3N4/c1-9(2)8-21-12(7-18)19-20-13(21)10-4-3-5-11(6-10)14(15,16)17/h3-6,9H,7-8,18H2,1-2H3. The summed E-state index contributed by atoms with van der Waals surface area (Å²) in [6.45, 7) is 4.82. The van der Waals surface area contributed by atoms with Crippen LogP contribution in [0.1, 0.15) is 25.2 Å². The molecule has 0 fully saturated rings. The molecule has 114 valence electrons. The van der Waals surface area contributed by atoms with Crippen LogP contribution >= 0.6 is 0 Å². The van der Waals surface area contributed by atoms with Gasteiger partial charge >= 0.3 is 6.18 Å². The molecule has 0 aliphatic rings. The largest absolute Gasteiger partial charge is 0.416 e. The van der Waals surface area contributed by atoms with Crippen molar-refractivity contribution in [2.24, 2.45) is 11.7 Å². The number of halogens is 3. The van der Waals surface area contributed by atoms with Crippen LogP contribution in [0.3, 0.4) is 0 Å². The molecule has 0 bridgehead atoms. The van der Waals surface area contributed by atoms with Crippen molar-refractivity contribution in [1.29, 1.82) is 0 Å². The highest BCUT2D eigenvalue weighted by Crippen LogP contribution is 2.32. The van der Waals surface area contributed by atoms with Gasteiger partial charge in [-0.15, -0.1) is 10.2 Å². The first-order valence-electron chi connectivity index (χ1n) is 6.62. The van der Waals surface area contributed by atoms with Crippen LogP contribution in [0.15, 0.2) is 24.3 Å². The van der Waals surface area contributed by atoms with Gasteiger partial charge in [0.25, 0.3) is 0 Å². The Hall–Kier alpha value is -1.89. The summed E-state index contributed by atoms with van der Waals surface area (Å²) in [5.74, 6) is 1.28. The molecule has 2 rings (SSSR count). The molecular formula is C14H17F3N4. The minimum Gasteiger partial charge on any atom is -0.324 e. The number of hydrogen-bond donors (Lipinski definition) is 1. The fraction of sp³-hybridized carbons (Fsp3) is 0.429. The molecule has 1 heterocycles. The monoisotopic (exact) mass is 298 g/mol. The quantitative estimate of drug-likeness (QED) is 0.943. The maximum Gasteiger partial charge on any atom is 0.416 e. The molecule has 0 aliphatic heterocycles. The lowest BCUT2D eigenvalue weighted by Gasteiger charge is -2.13. The second-order valence-electron chi connectivity index (χ2n) is 5.23. The van der Waals surface area contributed by atoms with E-state index >= 15 is 0 Å². The summed E-state index contributed by atoms with van der Waals surface area (Å²) >= 11 is 0. The molecule has 0 radical (unpaired) electrons. The van der Waals surface area contributed by atoms with Gasteiger partial charge in [0.05, 0.1) is 12.1 Å². The third-order valence-electron chi connectivity index (χ3n) is 3.01. The summed E-state index contributed by atoms with van der Waals surface area (Å²) in [5, 5.41) is 7.96. The maximum atomic E-state index is 12.8. The van der Waals surface area contributed by atoms with E-state index in [4.69, 9.17) is 5.73 Å². The van der Waals surface area contributed by atoms with Crippen LogP contribution in [0, 0.1) is 5.92 Å². The fourth-order valence-corrected chi connectivity index (χ4v) is 2.09. The van der Waals surface area contributed by atoms with E-state index in [0.29, 0.717) is 29.7 Å². The zero-order valence-electron chi connectivity index (χ0n) is 11.9. The van der Waals surface area contributed by atoms with E-state index in [1.165, 1.54) is 6.07 Å². The van der Waals surface area contributed by atoms with Crippen molar-refractivity contribution in [3.63, 3.8) is 0 Å². The minimum absolute atomic E-state index is 0.193. The smallest absolute Gasteiger partial charge is 0.324 e. The Kier molecular flexibility index (Phi) is 4.32. The van der Waals surface area contributed by atoms with Gasteiger partial charge in [0.1, 0.15) is 5.82 Å². The second kappa shape index (κ2) is 5.85. The third kappa shape index (κ3) is 3.41. The van der Waals surface area contributed by atoms with E-state index in [2.05, 4.69) is 10.2 Å². The number of nitrogens with two attached hydrogens (primary N) is 1. The lowest BCUT2D eigenvalue weighted by Crippen LogP contribution is -2.13. The molecule has 0 aliphatic carbocycles. The summed E-state index contributed by atoms with van der Waals surface area (Å²) in [4.78, 5) is 0. The van der Waals surface area contributed by atoms with E-state index in [-0.39, 0.29) is 6.54 Å². The maximum absolute atomic E-state index is 12.8. The lowest BCUT2D eigenvalue weighted by molar-refractivity contribution is -0.137. The van der Waals surface area contributed by atoms with Gasteiger partial charge in [-0.2, -0.15) is 13.2 Å². The van der Waals surface area contributed by atoms with E-state index < -0.39 is 11.7 Å². The highest BCUT2D eigenvalue weighted by Gasteiger charge is 2.31. The molecular weight excluding hydrogens is 281 g/mol. The summed E-state index contributed by atoms with van der Waals surface area (Å²) in [7, 11) is 0. The zero-order valence-corrected chi connectivity index (χ0v) is 11.9. The molecule has 2 N–H and O–H groups in total. The highest BCUT2D eigenvalue weighted by atomic mass is 19.4. The zero-order chi connectivity index (χ0) is 15.6. The van der Waals surface area contributed by atoms with Gasteiger partial charge in [-0.05, 0) is 18.1 Å². The number of aromatic nitrogens is 3. The van der Waals surface area contributed by atoms with Crippen LogP contribution in [-0.4, -0.2) is 14.8 Å². The molecule has 1 aromatic heterocycles. The molecule has 0 saturated carbocycles. The molecule has 2 aromatic rings. The van der Waals surface area contributed by atoms with E-state index in [9.17, 15) is 13.2 Å². The Morgan fingerprint density at radius 1 is 1.24 bits per heavy atom. The van der Waals surface area contributed by atoms with Crippen LogP contribution in [0.5, 0.6) is 0 Å². The van der Waals surface area contributed by atoms with E-state index in [0.717, 1.165) is 12.1 Å². The molecule has 1 aromatic carbocycles. The third-order valence-corrected chi connectivity index (χ3v) is 3.01. The predicted molar refractivity (Wildman–Crippen MR) is 73.2 cm³/mol. The molecule has 7 heteroatoms. The first-order valence-corrected chi connectivity index (χ1v) is 6.62. The number of alkyl halides is 3. The van der Waals surface area contributed by atoms with Gasteiger partial charge in [0, 0.05) is 12.1 Å². The highest BCUT2D eigenvalue weighted by molar-refractivity contribution is 5.57. The van der Waals surface area contributed by atoms with Crippen molar-refractivity contribution in [2.75, 3.05) is 0 Å². The van der Waals surface area contributed by atoms with Crippen molar-refractivity contribution in [3.05, 3.63) is 35.7 Å². The Bertz CT molecular complexity index is 617. The van der Waals surface area contributed by atoms with Crippen LogP contribution in [0.25, 0.3) is 11.4 Å². The van der Waals surface area contributed by atoms with Crippen LogP contribution < -0.4 is 5.73 Å². The average Bonchev–Trinajstić information content (AvgIpc) is 2.80. The van der Waals surface area contributed by atoms with Gasteiger partial charge in [-0.1, -0.05) is 26.0 Å². The molecule has 0 saturated heterocycles. The predicted octanol–water partition coefficient (Wildman–Crippen LogP) is 3.08. The summed E-state index contributed by atoms with van der Waals surface area (Å²) in [6.07, 6.45) is -4.38. The van der Waals surface area contributed by atoms with Crippen LogP contribution in [0.2, 0.25) is 0 Å². The molecule has 0 amide bonds. The summed E-state index contributed by atoms with van der Waals surface area (Å²) < 4.78 is 40.2. The van der Waals surface area contributed by atoms with Gasteiger partial charge in [0.15, 0.2) is 5.82 Å². The topological polar surface area (TPSA) is 56.7 Å². The average molecular weight is 298 g/mol. The van der Waals surface area contributed by atoms with Crippen molar-refractivity contribution >= 4 is 0 Å². The minimum atomic E-state index is -4.38. The summed E-state index contributed by atoms with van der Waals surface area (Å²) in [5.41, 5.74) is 5.30. The molecule has 21 heavy (non-hydrogen) atoms. The van der Waals surface area contributed by atoms with Crippen molar-refractivity contribution < 1.29 is 13.2 Å². The van der Waals surface area contributed by atoms with E-state index in [1.807, 2.05) is 13.8 Å².